The first-order valence-corrected chi connectivity index (χ1v) is 9.03. The van der Waals surface area contributed by atoms with E-state index in [1.54, 1.807) is 6.92 Å². The smallest absolute Gasteiger partial charge is 0.260 e. The molecular formula is C9H6Br2ClN3O2S2. The summed E-state index contributed by atoms with van der Waals surface area (Å²) in [6.45, 7) is 1.74. The lowest BCUT2D eigenvalue weighted by molar-refractivity contribution is 0.603. The van der Waals surface area contributed by atoms with Crippen molar-refractivity contribution in [2.45, 2.75) is 11.1 Å². The predicted molar refractivity (Wildman–Crippen MR) is 82.3 cm³/mol. The van der Waals surface area contributed by atoms with Crippen molar-refractivity contribution in [3.63, 3.8) is 0 Å². The van der Waals surface area contributed by atoms with Gasteiger partial charge in [0.25, 0.3) is 10.0 Å². The summed E-state index contributed by atoms with van der Waals surface area (Å²) in [6, 6.07) is 1.51. The van der Waals surface area contributed by atoms with Crippen LogP contribution in [0.1, 0.15) is 5.56 Å². The van der Waals surface area contributed by atoms with Crippen LogP contribution in [0, 0.1) is 6.92 Å². The van der Waals surface area contributed by atoms with Gasteiger partial charge >= 0.3 is 0 Å². The van der Waals surface area contributed by atoms with Crippen molar-refractivity contribution < 1.29 is 8.42 Å². The number of nitrogens with one attached hydrogen (secondary N) is 1. The molecule has 2 heterocycles. The molecule has 10 heteroatoms. The van der Waals surface area contributed by atoms with Crippen LogP contribution < -0.4 is 4.72 Å². The van der Waals surface area contributed by atoms with Gasteiger partial charge in [0.05, 0.1) is 10.5 Å². The molecule has 0 aliphatic rings. The lowest BCUT2D eigenvalue weighted by atomic mass is 10.4. The number of hydrogen-bond acceptors (Lipinski definition) is 5. The molecule has 2 rings (SSSR count). The third-order valence-electron chi connectivity index (χ3n) is 2.03. The molecule has 0 saturated heterocycles. The zero-order chi connectivity index (χ0) is 14.2. The molecule has 0 bridgehead atoms. The number of halogens is 3. The molecule has 2 aromatic rings. The van der Waals surface area contributed by atoms with Gasteiger partial charge < -0.3 is 0 Å². The lowest BCUT2D eigenvalue weighted by Gasteiger charge is -2.06. The number of thiophene rings is 1. The zero-order valence-electron chi connectivity index (χ0n) is 9.32. The van der Waals surface area contributed by atoms with E-state index < -0.39 is 10.0 Å². The van der Waals surface area contributed by atoms with Gasteiger partial charge in [0, 0.05) is 0 Å². The summed E-state index contributed by atoms with van der Waals surface area (Å²) in [5, 5.41) is 0. The summed E-state index contributed by atoms with van der Waals surface area (Å²) < 4.78 is 28.0. The summed E-state index contributed by atoms with van der Waals surface area (Å²) in [5.74, 6) is 0.116. The molecule has 0 fully saturated rings. The molecule has 102 valence electrons. The first-order chi connectivity index (χ1) is 8.79. The Balaban J connectivity index is 2.36. The van der Waals surface area contributed by atoms with Crippen LogP contribution in [-0.4, -0.2) is 18.4 Å². The zero-order valence-corrected chi connectivity index (χ0v) is 14.9. The third-order valence-corrected chi connectivity index (χ3v) is 6.33. The summed E-state index contributed by atoms with van der Waals surface area (Å²) in [7, 11) is -3.71. The topological polar surface area (TPSA) is 72.0 Å². The Kier molecular flexibility index (Phi) is 4.51. The standard InChI is InChI=1S/C9H6Br2ClN3O2S2/c1-4-2-6(18-8(4)12)19(16,17)15-9-7(11)14-5(10)3-13-9/h2-3H,1H3,(H,13,15). The molecule has 0 radical (unpaired) electrons. The Morgan fingerprint density at radius 3 is 2.63 bits per heavy atom. The van der Waals surface area contributed by atoms with Crippen molar-refractivity contribution in [2.24, 2.45) is 0 Å². The molecular weight excluding hydrogens is 442 g/mol. The number of nitrogens with zero attached hydrogens (tertiary/aromatic N) is 2. The molecule has 5 nitrogen and oxygen atoms in total. The normalized spacial score (nSPS) is 11.6. The van der Waals surface area contributed by atoms with E-state index in [0.717, 1.165) is 11.3 Å². The molecule has 0 saturated carbocycles. The molecule has 0 aromatic carbocycles. The number of sulfonamides is 1. The predicted octanol–water partition coefficient (Wildman–Crippen LogP) is 3.83. The van der Waals surface area contributed by atoms with E-state index in [2.05, 4.69) is 46.5 Å². The van der Waals surface area contributed by atoms with Gasteiger partial charge in [0.2, 0.25) is 0 Å². The molecule has 0 aliphatic carbocycles. The van der Waals surface area contributed by atoms with E-state index in [4.69, 9.17) is 11.6 Å². The van der Waals surface area contributed by atoms with Crippen molar-refractivity contribution in [1.82, 2.24) is 9.97 Å². The molecule has 0 amide bonds. The Bertz CT molecular complexity index is 714. The monoisotopic (exact) mass is 445 g/mol. The second kappa shape index (κ2) is 5.65. The van der Waals surface area contributed by atoms with Crippen LogP contribution in [0.15, 0.2) is 25.7 Å². The summed E-state index contributed by atoms with van der Waals surface area (Å²) in [5.41, 5.74) is 0.716. The third kappa shape index (κ3) is 3.46. The highest BCUT2D eigenvalue weighted by Gasteiger charge is 2.20. The van der Waals surface area contributed by atoms with Gasteiger partial charge in [-0.25, -0.2) is 18.4 Å². The van der Waals surface area contributed by atoms with Crippen LogP contribution in [0.5, 0.6) is 0 Å². The van der Waals surface area contributed by atoms with Crippen LogP contribution >= 0.6 is 54.8 Å². The molecule has 0 unspecified atom stereocenters. The van der Waals surface area contributed by atoms with Crippen LogP contribution in [0.3, 0.4) is 0 Å². The Morgan fingerprint density at radius 1 is 1.42 bits per heavy atom. The van der Waals surface area contributed by atoms with Gasteiger partial charge in [-0.1, -0.05) is 11.6 Å². The fraction of sp³-hybridized carbons (Fsp3) is 0.111. The van der Waals surface area contributed by atoms with Crippen molar-refractivity contribution in [3.8, 4) is 0 Å². The molecule has 2 aromatic heterocycles. The Morgan fingerprint density at radius 2 is 2.11 bits per heavy atom. The Labute approximate surface area is 135 Å². The van der Waals surface area contributed by atoms with Gasteiger partial charge in [-0.2, -0.15) is 0 Å². The second-order valence-corrected chi connectivity index (χ2v) is 8.59. The SMILES string of the molecule is Cc1cc(S(=O)(=O)Nc2ncc(Br)nc2Br)sc1Cl. The van der Waals surface area contributed by atoms with Gasteiger partial charge in [-0.15, -0.1) is 11.3 Å². The number of aromatic nitrogens is 2. The van der Waals surface area contributed by atoms with E-state index >= 15 is 0 Å². The quantitative estimate of drug-likeness (QED) is 0.776. The molecule has 0 aliphatic heterocycles. The molecule has 19 heavy (non-hydrogen) atoms. The molecule has 1 N–H and O–H groups in total. The van der Waals surface area contributed by atoms with Gasteiger partial charge in [-0.05, 0) is 50.4 Å². The van der Waals surface area contributed by atoms with E-state index in [1.807, 2.05) is 0 Å². The lowest BCUT2D eigenvalue weighted by Crippen LogP contribution is -2.13. The van der Waals surface area contributed by atoms with Gasteiger partial charge in [0.15, 0.2) is 10.4 Å². The maximum absolute atomic E-state index is 12.1. The van der Waals surface area contributed by atoms with Crippen LogP contribution in [0.2, 0.25) is 4.34 Å². The number of hydrogen-bond donors (Lipinski definition) is 1. The maximum atomic E-state index is 12.1. The van der Waals surface area contributed by atoms with E-state index in [0.29, 0.717) is 19.1 Å². The Hall–Kier alpha value is -0.220. The van der Waals surface area contributed by atoms with Crippen molar-refractivity contribution in [3.05, 3.63) is 31.4 Å². The van der Waals surface area contributed by atoms with Gasteiger partial charge in [0.1, 0.15) is 8.81 Å². The average Bonchev–Trinajstić information content (AvgIpc) is 2.64. The van der Waals surface area contributed by atoms with E-state index in [9.17, 15) is 8.42 Å². The maximum Gasteiger partial charge on any atom is 0.272 e. The van der Waals surface area contributed by atoms with E-state index in [1.165, 1.54) is 12.3 Å². The first kappa shape index (κ1) is 15.2. The number of rotatable bonds is 3. The summed E-state index contributed by atoms with van der Waals surface area (Å²) in [4.78, 5) is 7.94. The number of anilines is 1. The second-order valence-electron chi connectivity index (χ2n) is 3.46. The van der Waals surface area contributed by atoms with Crippen molar-refractivity contribution >= 4 is 70.6 Å². The first-order valence-electron chi connectivity index (χ1n) is 4.76. The minimum Gasteiger partial charge on any atom is -0.260 e. The van der Waals surface area contributed by atoms with Crippen LogP contribution in [0.25, 0.3) is 0 Å². The molecule has 0 atom stereocenters. The van der Waals surface area contributed by atoms with Crippen LogP contribution in [-0.2, 0) is 10.0 Å². The molecule has 0 spiro atoms. The minimum absolute atomic E-state index is 0.116. The fourth-order valence-corrected chi connectivity index (χ4v) is 4.92. The largest absolute Gasteiger partial charge is 0.272 e. The highest BCUT2D eigenvalue weighted by molar-refractivity contribution is 9.11. The highest BCUT2D eigenvalue weighted by atomic mass is 79.9. The fourth-order valence-electron chi connectivity index (χ4n) is 1.16. The average molecular weight is 448 g/mol. The summed E-state index contributed by atoms with van der Waals surface area (Å²) >= 11 is 13.1. The van der Waals surface area contributed by atoms with E-state index in [-0.39, 0.29) is 10.0 Å². The highest BCUT2D eigenvalue weighted by Crippen LogP contribution is 2.31. The van der Waals surface area contributed by atoms with Crippen LogP contribution in [0.4, 0.5) is 5.82 Å². The van der Waals surface area contributed by atoms with Gasteiger partial charge in [-0.3, -0.25) is 4.72 Å². The van der Waals surface area contributed by atoms with Crippen molar-refractivity contribution in [1.29, 1.82) is 0 Å². The van der Waals surface area contributed by atoms with Crippen molar-refractivity contribution in [2.75, 3.05) is 4.72 Å². The minimum atomic E-state index is -3.71. The summed E-state index contributed by atoms with van der Waals surface area (Å²) in [6.07, 6.45) is 1.40. The number of aryl methyl sites for hydroxylation is 1.